The highest BCUT2D eigenvalue weighted by molar-refractivity contribution is 6.67. The van der Waals surface area contributed by atoms with Crippen LogP contribution in [0, 0.1) is 5.92 Å². The summed E-state index contributed by atoms with van der Waals surface area (Å²) < 4.78 is 1.30. The molecule has 0 spiro atoms. The van der Waals surface area contributed by atoms with Gasteiger partial charge in [-0.05, 0) is 29.7 Å². The molecule has 2 rings (SSSR count). The first-order valence-corrected chi connectivity index (χ1v) is 7.47. The lowest BCUT2D eigenvalue weighted by molar-refractivity contribution is -0.132. The standard InChI is InChI=1S/C13H22N8O2/c1-8(2)6-7-21-9(3)19(4)16-10(12(21)23)11(22)14-13-15-17-18-20(13)5/h8-9H,6-7H2,1-5H3,(H,14,15,18,22)/t9-/m1/s1. The number of hydrazone groups is 1. The van der Waals surface area contributed by atoms with Crippen molar-refractivity contribution in [2.24, 2.45) is 18.1 Å². The summed E-state index contributed by atoms with van der Waals surface area (Å²) in [5.41, 5.74) is -0.169. The number of nitrogens with one attached hydrogen (secondary N) is 1. The van der Waals surface area contributed by atoms with Gasteiger partial charge in [0.2, 0.25) is 11.7 Å². The van der Waals surface area contributed by atoms with E-state index in [1.807, 2.05) is 6.92 Å². The van der Waals surface area contributed by atoms with Gasteiger partial charge >= 0.3 is 0 Å². The molecule has 1 aliphatic rings. The maximum absolute atomic E-state index is 12.6. The lowest BCUT2D eigenvalue weighted by Gasteiger charge is -2.38. The average molecular weight is 322 g/mol. The van der Waals surface area contributed by atoms with Gasteiger partial charge in [0.1, 0.15) is 6.17 Å². The minimum Gasteiger partial charge on any atom is -0.315 e. The largest absolute Gasteiger partial charge is 0.315 e. The van der Waals surface area contributed by atoms with Crippen molar-refractivity contribution >= 4 is 23.5 Å². The Bertz CT molecular complexity index is 623. The minimum atomic E-state index is -0.624. The van der Waals surface area contributed by atoms with Crippen molar-refractivity contribution in [1.29, 1.82) is 0 Å². The molecule has 10 nitrogen and oxygen atoms in total. The van der Waals surface area contributed by atoms with E-state index in [0.29, 0.717) is 12.5 Å². The summed E-state index contributed by atoms with van der Waals surface area (Å²) in [5, 5.41) is 18.9. The van der Waals surface area contributed by atoms with Crippen molar-refractivity contribution < 1.29 is 9.59 Å². The summed E-state index contributed by atoms with van der Waals surface area (Å²) in [6.45, 7) is 6.62. The number of hydrogen-bond acceptors (Lipinski definition) is 7. The maximum Gasteiger partial charge on any atom is 0.284 e. The van der Waals surface area contributed by atoms with Crippen molar-refractivity contribution in [3.05, 3.63) is 0 Å². The number of aryl methyl sites for hydroxylation is 1. The first-order valence-electron chi connectivity index (χ1n) is 7.47. The third-order valence-electron chi connectivity index (χ3n) is 3.72. The van der Waals surface area contributed by atoms with Crippen LogP contribution < -0.4 is 5.32 Å². The quantitative estimate of drug-likeness (QED) is 0.795. The molecule has 0 unspecified atom stereocenters. The van der Waals surface area contributed by atoms with Crippen molar-refractivity contribution in [2.75, 3.05) is 18.9 Å². The van der Waals surface area contributed by atoms with Crippen LogP contribution in [0.25, 0.3) is 0 Å². The van der Waals surface area contributed by atoms with Gasteiger partial charge < -0.3 is 4.90 Å². The molecule has 1 atom stereocenters. The van der Waals surface area contributed by atoms with Crippen LogP contribution in [0.15, 0.2) is 5.10 Å². The van der Waals surface area contributed by atoms with E-state index in [4.69, 9.17) is 0 Å². The summed E-state index contributed by atoms with van der Waals surface area (Å²) in [4.78, 5) is 26.6. The third kappa shape index (κ3) is 3.63. The van der Waals surface area contributed by atoms with Gasteiger partial charge in [0.15, 0.2) is 0 Å². The molecular weight excluding hydrogens is 300 g/mol. The molecule has 0 saturated heterocycles. The fourth-order valence-electron chi connectivity index (χ4n) is 2.12. The van der Waals surface area contributed by atoms with E-state index < -0.39 is 5.91 Å². The van der Waals surface area contributed by atoms with Crippen molar-refractivity contribution in [3.63, 3.8) is 0 Å². The van der Waals surface area contributed by atoms with Crippen LogP contribution in [0.2, 0.25) is 0 Å². The zero-order valence-electron chi connectivity index (χ0n) is 14.0. The smallest absolute Gasteiger partial charge is 0.284 e. The second-order valence-corrected chi connectivity index (χ2v) is 5.92. The Morgan fingerprint density at radius 1 is 1.35 bits per heavy atom. The highest BCUT2D eigenvalue weighted by atomic mass is 16.2. The van der Waals surface area contributed by atoms with E-state index in [-0.39, 0.29) is 23.7 Å². The van der Waals surface area contributed by atoms with E-state index in [0.717, 1.165) is 6.42 Å². The van der Waals surface area contributed by atoms with E-state index in [9.17, 15) is 9.59 Å². The van der Waals surface area contributed by atoms with Gasteiger partial charge in [-0.25, -0.2) is 4.68 Å². The number of amides is 2. The van der Waals surface area contributed by atoms with Crippen LogP contribution in [-0.4, -0.2) is 67.4 Å². The van der Waals surface area contributed by atoms with Crippen LogP contribution in [0.4, 0.5) is 5.95 Å². The molecule has 0 radical (unpaired) electrons. The summed E-state index contributed by atoms with van der Waals surface area (Å²) >= 11 is 0. The first kappa shape index (κ1) is 16.8. The zero-order chi connectivity index (χ0) is 17.1. The number of hydrogen-bond donors (Lipinski definition) is 1. The molecule has 1 aromatic heterocycles. The number of rotatable bonds is 5. The molecule has 2 heterocycles. The number of nitrogens with zero attached hydrogens (tertiary/aromatic N) is 7. The van der Waals surface area contributed by atoms with E-state index >= 15 is 0 Å². The van der Waals surface area contributed by atoms with Crippen LogP contribution in [-0.2, 0) is 16.6 Å². The number of tetrazole rings is 1. The highest BCUT2D eigenvalue weighted by Gasteiger charge is 2.35. The summed E-state index contributed by atoms with van der Waals surface area (Å²) in [6, 6.07) is 0. The van der Waals surface area contributed by atoms with Gasteiger partial charge in [-0.2, -0.15) is 5.10 Å². The highest BCUT2D eigenvalue weighted by Crippen LogP contribution is 2.15. The number of carbonyl (C=O) groups excluding carboxylic acids is 2. The van der Waals surface area contributed by atoms with Crippen LogP contribution >= 0.6 is 0 Å². The van der Waals surface area contributed by atoms with Crippen molar-refractivity contribution in [1.82, 2.24) is 30.1 Å². The lowest BCUT2D eigenvalue weighted by Crippen LogP contribution is -2.56. The average Bonchev–Trinajstić information content (AvgIpc) is 2.87. The van der Waals surface area contributed by atoms with Crippen molar-refractivity contribution in [2.45, 2.75) is 33.4 Å². The Morgan fingerprint density at radius 3 is 2.61 bits per heavy atom. The second-order valence-electron chi connectivity index (χ2n) is 5.92. The Morgan fingerprint density at radius 2 is 2.04 bits per heavy atom. The van der Waals surface area contributed by atoms with Crippen molar-refractivity contribution in [3.8, 4) is 0 Å². The fourth-order valence-corrected chi connectivity index (χ4v) is 2.12. The Hall–Kier alpha value is -2.52. The zero-order valence-corrected chi connectivity index (χ0v) is 14.0. The molecule has 23 heavy (non-hydrogen) atoms. The van der Waals surface area contributed by atoms with E-state index in [2.05, 4.69) is 39.8 Å². The molecule has 2 amide bonds. The number of anilines is 1. The van der Waals surface area contributed by atoms with Crippen LogP contribution in [0.1, 0.15) is 27.2 Å². The van der Waals surface area contributed by atoms with Gasteiger partial charge in [-0.1, -0.05) is 18.9 Å². The molecule has 0 aromatic carbocycles. The molecule has 126 valence electrons. The second kappa shape index (κ2) is 6.71. The summed E-state index contributed by atoms with van der Waals surface area (Å²) in [5.74, 6) is -0.397. The monoisotopic (exact) mass is 322 g/mol. The molecule has 0 aliphatic carbocycles. The van der Waals surface area contributed by atoms with Crippen LogP contribution in [0.3, 0.4) is 0 Å². The van der Waals surface area contributed by atoms with Gasteiger partial charge in [0.25, 0.3) is 11.8 Å². The predicted octanol–water partition coefficient (Wildman–Crippen LogP) is -0.329. The maximum atomic E-state index is 12.6. The summed E-state index contributed by atoms with van der Waals surface area (Å²) in [7, 11) is 3.32. The van der Waals surface area contributed by atoms with Gasteiger partial charge in [-0.15, -0.1) is 0 Å². The Balaban J connectivity index is 2.16. The SMILES string of the molecule is CC(C)CCN1C(=O)C(C(=O)Nc2nnnn2C)=NN(C)[C@H]1C. The topological polar surface area (TPSA) is 109 Å². The fraction of sp³-hybridized carbons (Fsp3) is 0.692. The molecule has 0 saturated carbocycles. The van der Waals surface area contributed by atoms with Gasteiger partial charge in [0, 0.05) is 20.6 Å². The predicted molar refractivity (Wildman–Crippen MR) is 83.3 cm³/mol. The molecule has 0 bridgehead atoms. The van der Waals surface area contributed by atoms with E-state index in [1.54, 1.807) is 24.0 Å². The lowest BCUT2D eigenvalue weighted by atomic mass is 10.1. The minimum absolute atomic E-state index is 0.153. The molecule has 1 N–H and O–H groups in total. The molecule has 10 heteroatoms. The molecule has 0 fully saturated rings. The third-order valence-corrected chi connectivity index (χ3v) is 3.72. The normalized spacial score (nSPS) is 18.4. The Labute approximate surface area is 134 Å². The molecular formula is C13H22N8O2. The number of aromatic nitrogens is 4. The molecule has 1 aromatic rings. The van der Waals surface area contributed by atoms with Gasteiger partial charge in [0.05, 0.1) is 0 Å². The first-order chi connectivity index (χ1) is 10.8. The molecule has 1 aliphatic heterocycles. The van der Waals surface area contributed by atoms with E-state index in [1.165, 1.54) is 4.68 Å². The van der Waals surface area contributed by atoms with Gasteiger partial charge in [-0.3, -0.25) is 19.9 Å². The number of carbonyl (C=O) groups is 2. The summed E-state index contributed by atoms with van der Waals surface area (Å²) in [6.07, 6.45) is 0.653. The van der Waals surface area contributed by atoms with Crippen LogP contribution in [0.5, 0.6) is 0 Å². The Kier molecular flexibility index (Phi) is 4.92.